The summed E-state index contributed by atoms with van der Waals surface area (Å²) in [4.78, 5) is 15.9. The maximum Gasteiger partial charge on any atom is 0.416 e. The maximum atomic E-state index is 13.4. The van der Waals surface area contributed by atoms with Crippen LogP contribution in [-0.4, -0.2) is 51.3 Å². The zero-order valence-electron chi connectivity index (χ0n) is 18.9. The number of epoxide rings is 1. The van der Waals surface area contributed by atoms with Crippen molar-refractivity contribution in [2.24, 2.45) is 0 Å². The van der Waals surface area contributed by atoms with Gasteiger partial charge in [-0.05, 0) is 43.7 Å². The molecule has 1 aromatic heterocycles. The fourth-order valence-electron chi connectivity index (χ4n) is 5.43. The lowest BCUT2D eigenvalue weighted by molar-refractivity contribution is -0.138. The van der Waals surface area contributed by atoms with Gasteiger partial charge >= 0.3 is 6.18 Å². The first kappa shape index (κ1) is 22.4. The third kappa shape index (κ3) is 4.17. The number of fused-ring (bicyclic) bond motifs is 1. The van der Waals surface area contributed by atoms with Crippen molar-refractivity contribution >= 4 is 5.91 Å². The van der Waals surface area contributed by atoms with Gasteiger partial charge in [0.15, 0.2) is 0 Å². The Hall–Kier alpha value is -2.39. The number of rotatable bonds is 4. The van der Waals surface area contributed by atoms with E-state index in [9.17, 15) is 18.0 Å². The van der Waals surface area contributed by atoms with Crippen LogP contribution in [0.4, 0.5) is 13.2 Å². The first-order valence-electron chi connectivity index (χ1n) is 11.7. The van der Waals surface area contributed by atoms with E-state index in [2.05, 4.69) is 4.90 Å². The number of piperidine rings is 1. The predicted molar refractivity (Wildman–Crippen MR) is 115 cm³/mol. The molecule has 4 heterocycles. The molecule has 0 aliphatic carbocycles. The maximum absolute atomic E-state index is 13.4. The van der Waals surface area contributed by atoms with Crippen LogP contribution in [0.5, 0.6) is 0 Å². The molecule has 0 N–H and O–H groups in total. The van der Waals surface area contributed by atoms with E-state index in [4.69, 9.17) is 9.84 Å². The minimum atomic E-state index is -4.33. The number of ether oxygens (including phenoxy) is 1. The van der Waals surface area contributed by atoms with Crippen LogP contribution >= 0.6 is 0 Å². The first-order chi connectivity index (χ1) is 15.8. The molecule has 0 spiro atoms. The zero-order valence-corrected chi connectivity index (χ0v) is 18.9. The van der Waals surface area contributed by atoms with Crippen LogP contribution in [0.15, 0.2) is 24.3 Å². The van der Waals surface area contributed by atoms with E-state index in [-0.39, 0.29) is 24.2 Å². The average molecular weight is 463 g/mol. The normalized spacial score (nSPS) is 24.1. The number of hydrogen-bond donors (Lipinski definition) is 0. The number of carbonyl (C=O) groups excluding carboxylic acids is 1. The van der Waals surface area contributed by atoms with Crippen LogP contribution in [0.1, 0.15) is 66.8 Å². The Morgan fingerprint density at radius 1 is 1.18 bits per heavy atom. The molecular formula is C24H29F3N4O2. The quantitative estimate of drug-likeness (QED) is 0.642. The summed E-state index contributed by atoms with van der Waals surface area (Å²) in [5.74, 6) is -0.0255. The lowest BCUT2D eigenvalue weighted by Gasteiger charge is -2.32. The molecule has 2 aromatic rings. The molecule has 2 unspecified atom stereocenters. The monoisotopic (exact) mass is 462 g/mol. The number of aryl methyl sites for hydroxylation is 1. The Morgan fingerprint density at radius 3 is 2.58 bits per heavy atom. The van der Waals surface area contributed by atoms with Crippen LogP contribution < -0.4 is 0 Å². The topological polar surface area (TPSA) is 53.9 Å². The second-order valence-electron chi connectivity index (χ2n) is 9.16. The van der Waals surface area contributed by atoms with Crippen molar-refractivity contribution in [3.8, 4) is 0 Å². The number of halogens is 3. The second kappa shape index (κ2) is 8.43. The predicted octanol–water partition coefficient (Wildman–Crippen LogP) is 4.10. The molecule has 6 nitrogen and oxygen atoms in total. The molecule has 0 radical (unpaired) electrons. The first-order valence-corrected chi connectivity index (χ1v) is 11.7. The van der Waals surface area contributed by atoms with E-state index >= 15 is 0 Å². The molecule has 2 saturated heterocycles. The Bertz CT molecular complexity index is 1040. The summed E-state index contributed by atoms with van der Waals surface area (Å²) < 4.78 is 48.3. The fraction of sp³-hybridized carbons (Fsp3) is 0.583. The highest BCUT2D eigenvalue weighted by Crippen LogP contribution is 2.46. The molecule has 0 bridgehead atoms. The van der Waals surface area contributed by atoms with Crippen molar-refractivity contribution in [3.63, 3.8) is 0 Å². The summed E-state index contributed by atoms with van der Waals surface area (Å²) in [5, 5.41) is 4.81. The van der Waals surface area contributed by atoms with Crippen LogP contribution in [0.25, 0.3) is 0 Å². The Kier molecular flexibility index (Phi) is 5.73. The van der Waals surface area contributed by atoms with Gasteiger partial charge in [-0.2, -0.15) is 18.3 Å². The molecule has 0 saturated carbocycles. The standard InChI is InChI=1S/C24H29F3N4O2/c1-3-31-20-14-30(15(2)32)13-10-18(20)21(28-31)22-23(33-22)29-11-8-16(9-12-29)17-6-4-5-7-19(17)24(25,26)27/h4-7,16,22-23H,3,8-14H2,1-2H3. The summed E-state index contributed by atoms with van der Waals surface area (Å²) in [5.41, 5.74) is 3.13. The number of aromatic nitrogens is 2. The van der Waals surface area contributed by atoms with Gasteiger partial charge in [0.05, 0.1) is 23.5 Å². The minimum absolute atomic E-state index is 0.0704. The van der Waals surface area contributed by atoms with Gasteiger partial charge in [-0.3, -0.25) is 14.4 Å². The zero-order chi connectivity index (χ0) is 23.3. The van der Waals surface area contributed by atoms with Gasteiger partial charge in [-0.25, -0.2) is 0 Å². The van der Waals surface area contributed by atoms with E-state index < -0.39 is 11.7 Å². The SMILES string of the molecule is CCn1nc(C2OC2N2CCC(c3ccccc3C(F)(F)F)CC2)c2c1CN(C(C)=O)CC2. The molecule has 3 aliphatic heterocycles. The van der Waals surface area contributed by atoms with Crippen molar-refractivity contribution in [1.82, 2.24) is 19.6 Å². The molecular weight excluding hydrogens is 433 g/mol. The van der Waals surface area contributed by atoms with Crippen molar-refractivity contribution in [1.29, 1.82) is 0 Å². The average Bonchev–Trinajstić information content (AvgIpc) is 3.52. The molecule has 2 fully saturated rings. The molecule has 5 rings (SSSR count). The van der Waals surface area contributed by atoms with E-state index in [1.807, 2.05) is 16.5 Å². The number of nitrogens with zero attached hydrogens (tertiary/aromatic N) is 4. The third-order valence-corrected chi connectivity index (χ3v) is 7.25. The summed E-state index contributed by atoms with van der Waals surface area (Å²) in [6.07, 6.45) is -2.38. The largest absolute Gasteiger partial charge is 0.416 e. The van der Waals surface area contributed by atoms with Gasteiger partial charge in [0.25, 0.3) is 0 Å². The highest BCUT2D eigenvalue weighted by Gasteiger charge is 2.49. The highest BCUT2D eigenvalue weighted by molar-refractivity contribution is 5.73. The van der Waals surface area contributed by atoms with Crippen molar-refractivity contribution in [3.05, 3.63) is 52.3 Å². The summed E-state index contributed by atoms with van der Waals surface area (Å²) in [7, 11) is 0. The summed E-state index contributed by atoms with van der Waals surface area (Å²) in [6.45, 7) is 7.03. The highest BCUT2D eigenvalue weighted by atomic mass is 19.4. The molecule has 178 valence electrons. The molecule has 9 heteroatoms. The van der Waals surface area contributed by atoms with E-state index in [0.29, 0.717) is 44.6 Å². The van der Waals surface area contributed by atoms with Gasteiger partial charge in [-0.1, -0.05) is 18.2 Å². The van der Waals surface area contributed by atoms with E-state index in [1.165, 1.54) is 17.7 Å². The fourth-order valence-corrected chi connectivity index (χ4v) is 5.43. The molecule has 3 aliphatic rings. The number of amides is 1. The Balaban J connectivity index is 1.26. The van der Waals surface area contributed by atoms with Crippen molar-refractivity contribution in [2.75, 3.05) is 19.6 Å². The lowest BCUT2D eigenvalue weighted by atomic mass is 9.86. The molecule has 2 atom stereocenters. The van der Waals surface area contributed by atoms with Gasteiger partial charge in [0, 0.05) is 38.7 Å². The summed E-state index contributed by atoms with van der Waals surface area (Å²) in [6, 6.07) is 5.95. The van der Waals surface area contributed by atoms with E-state index in [1.54, 1.807) is 19.1 Å². The number of hydrogen-bond acceptors (Lipinski definition) is 4. The van der Waals surface area contributed by atoms with Crippen LogP contribution in [-0.2, 0) is 35.2 Å². The molecule has 1 aromatic carbocycles. The second-order valence-corrected chi connectivity index (χ2v) is 9.16. The van der Waals surface area contributed by atoms with Crippen LogP contribution in [0.2, 0.25) is 0 Å². The van der Waals surface area contributed by atoms with Gasteiger partial charge in [-0.15, -0.1) is 0 Å². The third-order valence-electron chi connectivity index (χ3n) is 7.25. The van der Waals surface area contributed by atoms with Crippen molar-refractivity contribution < 1.29 is 22.7 Å². The van der Waals surface area contributed by atoms with Crippen LogP contribution in [0.3, 0.4) is 0 Å². The molecule has 1 amide bonds. The number of carbonyl (C=O) groups is 1. The number of benzene rings is 1. The van der Waals surface area contributed by atoms with Gasteiger partial charge in [0.2, 0.25) is 5.91 Å². The Morgan fingerprint density at radius 2 is 1.91 bits per heavy atom. The number of alkyl halides is 3. The van der Waals surface area contributed by atoms with Gasteiger partial charge in [0.1, 0.15) is 12.3 Å². The minimum Gasteiger partial charge on any atom is -0.346 e. The van der Waals surface area contributed by atoms with Crippen LogP contribution in [0, 0.1) is 0 Å². The van der Waals surface area contributed by atoms with E-state index in [0.717, 1.165) is 24.4 Å². The smallest absolute Gasteiger partial charge is 0.346 e. The van der Waals surface area contributed by atoms with Gasteiger partial charge < -0.3 is 9.64 Å². The lowest BCUT2D eigenvalue weighted by Crippen LogP contribution is -2.36. The number of likely N-dealkylation sites (tertiary alicyclic amines) is 1. The summed E-state index contributed by atoms with van der Waals surface area (Å²) >= 11 is 0. The molecule has 33 heavy (non-hydrogen) atoms. The van der Waals surface area contributed by atoms with Crippen molar-refractivity contribution in [2.45, 2.75) is 70.6 Å². The Labute approximate surface area is 191 Å².